The minimum atomic E-state index is -2.37. The molecular weight excluding hydrogens is 586 g/mol. The molecule has 1 saturated heterocycles. The second-order valence-electron chi connectivity index (χ2n) is 12.9. The van der Waals surface area contributed by atoms with E-state index in [9.17, 15) is 14.7 Å². The van der Waals surface area contributed by atoms with E-state index in [1.54, 1.807) is 18.9 Å². The van der Waals surface area contributed by atoms with Gasteiger partial charge < -0.3 is 24.2 Å². The van der Waals surface area contributed by atoms with Crippen LogP contribution in [-0.4, -0.2) is 73.3 Å². The Morgan fingerprint density at radius 2 is 1.87 bits per heavy atom. The van der Waals surface area contributed by atoms with Crippen molar-refractivity contribution in [3.8, 4) is 17.2 Å². The third-order valence-corrected chi connectivity index (χ3v) is 14.3. The van der Waals surface area contributed by atoms with Gasteiger partial charge in [0.05, 0.1) is 50.5 Å². The number of benzene rings is 3. The first-order valence-electron chi connectivity index (χ1n) is 15.8. The number of ether oxygens (including phenoxy) is 3. The van der Waals surface area contributed by atoms with E-state index in [0.29, 0.717) is 29.8 Å². The van der Waals surface area contributed by atoms with E-state index in [0.717, 1.165) is 29.7 Å². The molecule has 2 aliphatic heterocycles. The predicted octanol–water partition coefficient (Wildman–Crippen LogP) is 4.77. The number of likely N-dealkylation sites (tertiary alicyclic amines) is 1. The Morgan fingerprint density at radius 3 is 2.56 bits per heavy atom. The Morgan fingerprint density at radius 1 is 1.11 bits per heavy atom. The minimum absolute atomic E-state index is 0.0209. The van der Waals surface area contributed by atoms with Crippen LogP contribution < -0.4 is 20.2 Å². The lowest BCUT2D eigenvalue weighted by Crippen LogP contribution is -2.55. The van der Waals surface area contributed by atoms with Crippen molar-refractivity contribution in [1.82, 2.24) is 14.7 Å². The molecule has 0 spiro atoms. The number of aromatic amines is 1. The maximum absolute atomic E-state index is 14.0. The molecule has 4 aromatic rings. The van der Waals surface area contributed by atoms with Crippen molar-refractivity contribution in [1.29, 1.82) is 0 Å². The van der Waals surface area contributed by atoms with Gasteiger partial charge in [-0.2, -0.15) is 0 Å². The number of amides is 1. The summed E-state index contributed by atoms with van der Waals surface area (Å²) in [6.45, 7) is 7.39. The summed E-state index contributed by atoms with van der Waals surface area (Å²) in [5.41, 5.74) is 2.15. The summed E-state index contributed by atoms with van der Waals surface area (Å²) in [6, 6.07) is 21.3. The Labute approximate surface area is 264 Å². The van der Waals surface area contributed by atoms with Crippen LogP contribution in [0.2, 0.25) is 18.6 Å². The first-order chi connectivity index (χ1) is 21.7. The van der Waals surface area contributed by atoms with Gasteiger partial charge in [0, 0.05) is 37.1 Å². The van der Waals surface area contributed by atoms with E-state index < -0.39 is 8.07 Å². The lowest BCUT2D eigenvalue weighted by Gasteiger charge is -2.46. The standard InChI is InChI=1S/C35H43N3O6Si/c1-22-33(43-3)28-19-23(38-35(41)27-10-6-7-11-29(27)36-38)12-17-30(28)44-34(22)31(20-32(40)37-18-8-9-24(37)21-39)45(4,5)26-15-13-25(42-2)14-16-26/h6-7,10-17,19,22,24,31,33-34,36,39H,8-9,18,20-21H2,1-5H3/t22-,24-,31?,33-,34-/m0/s1. The van der Waals surface area contributed by atoms with Crippen LogP contribution in [-0.2, 0) is 9.53 Å². The topological polar surface area (TPSA) is 106 Å². The van der Waals surface area contributed by atoms with Crippen LogP contribution in [0.25, 0.3) is 16.6 Å². The van der Waals surface area contributed by atoms with Gasteiger partial charge in [-0.1, -0.05) is 49.5 Å². The summed E-state index contributed by atoms with van der Waals surface area (Å²) < 4.78 is 20.1. The van der Waals surface area contributed by atoms with Gasteiger partial charge in [0.1, 0.15) is 17.6 Å². The Kier molecular flexibility index (Phi) is 8.65. The van der Waals surface area contributed by atoms with Gasteiger partial charge in [0.15, 0.2) is 0 Å². The van der Waals surface area contributed by atoms with Crippen molar-refractivity contribution < 1.29 is 24.1 Å². The minimum Gasteiger partial charge on any atom is -0.497 e. The van der Waals surface area contributed by atoms with Crippen molar-refractivity contribution in [3.63, 3.8) is 0 Å². The molecule has 10 heteroatoms. The summed E-state index contributed by atoms with van der Waals surface area (Å²) in [5.74, 6) is 1.46. The molecule has 1 aromatic heterocycles. The van der Waals surface area contributed by atoms with Gasteiger partial charge in [0.25, 0.3) is 5.56 Å². The number of nitrogens with one attached hydrogen (secondary N) is 1. The molecule has 0 radical (unpaired) electrons. The number of nitrogens with zero attached hydrogens (tertiary/aromatic N) is 2. The summed E-state index contributed by atoms with van der Waals surface area (Å²) in [6.07, 6.45) is 1.44. The zero-order valence-electron chi connectivity index (χ0n) is 26.7. The van der Waals surface area contributed by atoms with E-state index in [1.807, 2.05) is 59.5 Å². The number of H-pyrrole nitrogens is 1. The second kappa shape index (κ2) is 12.5. The van der Waals surface area contributed by atoms with Gasteiger partial charge in [-0.15, -0.1) is 0 Å². The zero-order valence-corrected chi connectivity index (χ0v) is 27.7. The Balaban J connectivity index is 1.38. The van der Waals surface area contributed by atoms with Crippen LogP contribution in [0.1, 0.15) is 37.9 Å². The van der Waals surface area contributed by atoms with Crippen LogP contribution in [0.4, 0.5) is 0 Å². The summed E-state index contributed by atoms with van der Waals surface area (Å²) in [5, 5.41) is 15.0. The van der Waals surface area contributed by atoms with Gasteiger partial charge >= 0.3 is 0 Å². The third kappa shape index (κ3) is 5.60. The molecule has 0 aliphatic carbocycles. The van der Waals surface area contributed by atoms with E-state index in [4.69, 9.17) is 14.2 Å². The predicted molar refractivity (Wildman–Crippen MR) is 178 cm³/mol. The van der Waals surface area contributed by atoms with Crippen LogP contribution in [0.5, 0.6) is 11.5 Å². The largest absolute Gasteiger partial charge is 0.497 e. The van der Waals surface area contributed by atoms with Gasteiger partial charge in [-0.25, -0.2) is 4.68 Å². The fraction of sp³-hybridized carbons (Fsp3) is 0.429. The summed E-state index contributed by atoms with van der Waals surface area (Å²) >= 11 is 0. The van der Waals surface area contributed by atoms with Crippen molar-refractivity contribution in [2.45, 2.75) is 63.1 Å². The molecule has 2 N–H and O–H groups in total. The van der Waals surface area contributed by atoms with Gasteiger partial charge in [0.2, 0.25) is 5.91 Å². The number of methoxy groups -OCH3 is 2. The average molecular weight is 630 g/mol. The Hall–Kier alpha value is -3.86. The molecule has 6 rings (SSSR count). The van der Waals surface area contributed by atoms with Crippen molar-refractivity contribution >= 4 is 30.1 Å². The Bertz CT molecular complexity index is 1730. The molecule has 3 aromatic carbocycles. The third-order valence-electron chi connectivity index (χ3n) is 10.1. The highest BCUT2D eigenvalue weighted by atomic mass is 28.3. The normalized spacial score (nSPS) is 22.2. The maximum atomic E-state index is 14.0. The van der Waals surface area contributed by atoms with Crippen LogP contribution in [0, 0.1) is 5.92 Å². The molecule has 5 atom stereocenters. The molecule has 238 valence electrons. The molecule has 1 amide bonds. The number of para-hydroxylation sites is 1. The maximum Gasteiger partial charge on any atom is 0.279 e. The summed E-state index contributed by atoms with van der Waals surface area (Å²) in [7, 11) is 0.995. The smallest absolute Gasteiger partial charge is 0.279 e. The molecule has 0 saturated carbocycles. The zero-order chi connectivity index (χ0) is 31.9. The van der Waals surface area contributed by atoms with Crippen LogP contribution in [0.3, 0.4) is 0 Å². The van der Waals surface area contributed by atoms with E-state index in [1.165, 1.54) is 5.19 Å². The first kappa shape index (κ1) is 31.1. The molecule has 9 nitrogen and oxygen atoms in total. The van der Waals surface area contributed by atoms with E-state index in [2.05, 4.69) is 37.2 Å². The molecule has 3 heterocycles. The fourth-order valence-corrected chi connectivity index (χ4v) is 10.8. The van der Waals surface area contributed by atoms with Gasteiger partial charge in [-0.05, 0) is 55.3 Å². The monoisotopic (exact) mass is 629 g/mol. The average Bonchev–Trinajstić information content (AvgIpc) is 3.68. The van der Waals surface area contributed by atoms with Gasteiger partial charge in [-0.3, -0.25) is 14.7 Å². The molecule has 1 unspecified atom stereocenters. The number of aliphatic hydroxyl groups is 1. The van der Waals surface area contributed by atoms with Crippen LogP contribution >= 0.6 is 0 Å². The molecule has 2 aliphatic rings. The highest BCUT2D eigenvalue weighted by Gasteiger charge is 2.49. The van der Waals surface area contributed by atoms with Crippen molar-refractivity contribution in [2.24, 2.45) is 5.92 Å². The number of carbonyl (C=O) groups excluding carboxylic acids is 1. The number of aliphatic hydroxyl groups excluding tert-OH is 1. The summed E-state index contributed by atoms with van der Waals surface area (Å²) in [4.78, 5) is 29.0. The fourth-order valence-electron chi connectivity index (χ4n) is 7.42. The highest BCUT2D eigenvalue weighted by Crippen LogP contribution is 2.47. The molecule has 1 fully saturated rings. The SMILES string of the molecule is COc1ccc([Si](C)(C)C(CC(=O)N2CCC[C@H]2CO)[C@H]2Oc3ccc(-n4[nH]c5ccccc5c4=O)cc3[C@@H](OC)[C@@H]2C)cc1. The molecular formula is C35H43N3O6Si. The van der Waals surface area contributed by atoms with Crippen molar-refractivity contribution in [3.05, 3.63) is 82.6 Å². The quantitative estimate of drug-likeness (QED) is 0.259. The van der Waals surface area contributed by atoms with E-state index >= 15 is 0 Å². The lowest BCUT2D eigenvalue weighted by atomic mass is 9.86. The number of hydrogen-bond donors (Lipinski definition) is 2. The number of aromatic nitrogens is 2. The second-order valence-corrected chi connectivity index (χ2v) is 17.7. The van der Waals surface area contributed by atoms with E-state index in [-0.39, 0.29) is 47.8 Å². The lowest BCUT2D eigenvalue weighted by molar-refractivity contribution is -0.133. The molecule has 0 bridgehead atoms. The number of hydrogen-bond acceptors (Lipinski definition) is 6. The van der Waals surface area contributed by atoms with Crippen molar-refractivity contribution in [2.75, 3.05) is 27.4 Å². The number of rotatable bonds is 9. The number of fused-ring (bicyclic) bond motifs is 2. The molecule has 45 heavy (non-hydrogen) atoms. The highest BCUT2D eigenvalue weighted by molar-refractivity contribution is 6.91. The number of carbonyl (C=O) groups is 1. The van der Waals surface area contributed by atoms with Crippen LogP contribution in [0.15, 0.2) is 71.5 Å². The first-order valence-corrected chi connectivity index (χ1v) is 18.8.